The van der Waals surface area contributed by atoms with E-state index < -0.39 is 17.8 Å². The van der Waals surface area contributed by atoms with Gasteiger partial charge in [0.15, 0.2) is 11.5 Å². The predicted molar refractivity (Wildman–Crippen MR) is 115 cm³/mol. The van der Waals surface area contributed by atoms with Crippen molar-refractivity contribution in [3.63, 3.8) is 0 Å². The second-order valence-corrected chi connectivity index (χ2v) is 7.61. The monoisotopic (exact) mass is 443 g/mol. The minimum Gasteiger partial charge on any atom is -0.493 e. The summed E-state index contributed by atoms with van der Waals surface area (Å²) in [5, 5.41) is 2.49. The third kappa shape index (κ3) is 5.00. The largest absolute Gasteiger partial charge is 0.493 e. The van der Waals surface area contributed by atoms with E-state index in [0.29, 0.717) is 27.8 Å². The van der Waals surface area contributed by atoms with Gasteiger partial charge in [-0.1, -0.05) is 12.1 Å². The molecular formula is C22H22FN3O4S. The number of hydrogen-bond donors (Lipinski definition) is 1. The molecule has 1 atom stereocenters. The molecule has 1 aromatic heterocycles. The Morgan fingerprint density at radius 1 is 1.16 bits per heavy atom. The first kappa shape index (κ1) is 22.2. The molecule has 0 radical (unpaired) electrons. The van der Waals surface area contributed by atoms with Crippen molar-refractivity contribution < 1.29 is 23.5 Å². The zero-order chi connectivity index (χ0) is 22.5. The lowest BCUT2D eigenvalue weighted by atomic mass is 10.0. The molecule has 7 nitrogen and oxygen atoms in total. The highest BCUT2D eigenvalue weighted by Crippen LogP contribution is 2.33. The maximum atomic E-state index is 13.6. The number of benzene rings is 2. The number of hydrogen-bond acceptors (Lipinski definition) is 6. The number of halogens is 1. The van der Waals surface area contributed by atoms with Gasteiger partial charge in [-0.2, -0.15) is 0 Å². The lowest BCUT2D eigenvalue weighted by molar-refractivity contribution is -0.137. The number of thiazole rings is 1. The van der Waals surface area contributed by atoms with E-state index in [2.05, 4.69) is 4.98 Å². The number of carbonyl (C=O) groups is 2. The maximum absolute atomic E-state index is 13.6. The van der Waals surface area contributed by atoms with Gasteiger partial charge in [0.05, 0.1) is 26.3 Å². The summed E-state index contributed by atoms with van der Waals surface area (Å²) < 4.78 is 24.2. The topological polar surface area (TPSA) is 94.8 Å². The molecule has 0 aliphatic rings. The van der Waals surface area contributed by atoms with Crippen molar-refractivity contribution >= 4 is 23.2 Å². The Hall–Kier alpha value is -3.46. The van der Waals surface area contributed by atoms with Crippen molar-refractivity contribution in [2.45, 2.75) is 12.5 Å². The molecule has 0 bridgehead atoms. The Morgan fingerprint density at radius 3 is 2.55 bits per heavy atom. The highest BCUT2D eigenvalue weighted by atomic mass is 32.1. The molecule has 31 heavy (non-hydrogen) atoms. The van der Waals surface area contributed by atoms with E-state index in [0.717, 1.165) is 5.56 Å². The van der Waals surface area contributed by atoms with E-state index in [4.69, 9.17) is 15.2 Å². The van der Waals surface area contributed by atoms with E-state index in [1.165, 1.54) is 41.5 Å². The van der Waals surface area contributed by atoms with Crippen molar-refractivity contribution in [1.82, 2.24) is 9.88 Å². The highest BCUT2D eigenvalue weighted by Gasteiger charge is 2.27. The fourth-order valence-corrected chi connectivity index (χ4v) is 3.99. The van der Waals surface area contributed by atoms with Gasteiger partial charge in [-0.3, -0.25) is 9.59 Å². The van der Waals surface area contributed by atoms with Gasteiger partial charge in [0, 0.05) is 18.0 Å². The molecule has 3 aromatic rings. The third-order valence-electron chi connectivity index (χ3n) is 4.73. The molecule has 2 amide bonds. The van der Waals surface area contributed by atoms with Crippen LogP contribution in [-0.2, 0) is 16.0 Å². The third-order valence-corrected chi connectivity index (χ3v) is 5.67. The number of primary amides is 1. The number of amides is 2. The molecule has 0 saturated carbocycles. The fraction of sp³-hybridized carbons (Fsp3) is 0.227. The molecule has 162 valence electrons. The molecule has 1 heterocycles. The number of rotatable bonds is 8. The van der Waals surface area contributed by atoms with Crippen LogP contribution >= 0.6 is 11.3 Å². The molecule has 0 fully saturated rings. The van der Waals surface area contributed by atoms with Gasteiger partial charge in [0.25, 0.3) is 0 Å². The summed E-state index contributed by atoms with van der Waals surface area (Å²) in [7, 11) is 4.58. The summed E-state index contributed by atoms with van der Waals surface area (Å²) in [6, 6.07) is 9.84. The van der Waals surface area contributed by atoms with E-state index in [1.54, 1.807) is 31.7 Å². The van der Waals surface area contributed by atoms with Crippen LogP contribution in [0, 0.1) is 5.82 Å². The van der Waals surface area contributed by atoms with Gasteiger partial charge in [-0.05, 0) is 35.9 Å². The normalized spacial score (nSPS) is 11.6. The second kappa shape index (κ2) is 9.57. The molecule has 1 unspecified atom stereocenters. The molecule has 0 aliphatic heterocycles. The van der Waals surface area contributed by atoms with E-state index in [1.807, 2.05) is 12.1 Å². The fourth-order valence-electron chi connectivity index (χ4n) is 3.17. The Balaban J connectivity index is 1.78. The first-order valence-corrected chi connectivity index (χ1v) is 10.2. The van der Waals surface area contributed by atoms with E-state index in [-0.39, 0.29) is 12.3 Å². The van der Waals surface area contributed by atoms with Crippen molar-refractivity contribution in [3.8, 4) is 22.1 Å². The lowest BCUT2D eigenvalue weighted by Gasteiger charge is -2.26. The average molecular weight is 444 g/mol. The minimum atomic E-state index is -1.08. The molecule has 0 saturated heterocycles. The average Bonchev–Trinajstić information content (AvgIpc) is 3.21. The number of ether oxygens (including phenoxy) is 2. The van der Waals surface area contributed by atoms with Crippen LogP contribution in [0.5, 0.6) is 11.5 Å². The summed E-state index contributed by atoms with van der Waals surface area (Å²) in [6.45, 7) is 0. The number of nitrogens with two attached hydrogens (primary N) is 1. The van der Waals surface area contributed by atoms with Gasteiger partial charge >= 0.3 is 0 Å². The molecule has 9 heteroatoms. The van der Waals surface area contributed by atoms with Crippen molar-refractivity contribution in [2.24, 2.45) is 5.73 Å². The molecular weight excluding hydrogens is 421 g/mol. The quantitative estimate of drug-likeness (QED) is 0.577. The molecule has 2 aromatic carbocycles. The zero-order valence-electron chi connectivity index (χ0n) is 17.3. The smallest absolute Gasteiger partial charge is 0.244 e. The first-order valence-electron chi connectivity index (χ1n) is 9.31. The van der Waals surface area contributed by atoms with Crippen LogP contribution in [0.2, 0.25) is 0 Å². The number of methoxy groups -OCH3 is 2. The van der Waals surface area contributed by atoms with Crippen molar-refractivity contribution in [1.29, 1.82) is 0 Å². The highest BCUT2D eigenvalue weighted by molar-refractivity contribution is 7.13. The Labute approximate surface area is 183 Å². The molecule has 0 aliphatic carbocycles. The van der Waals surface area contributed by atoms with Crippen LogP contribution in [0.15, 0.2) is 47.8 Å². The minimum absolute atomic E-state index is 0.0284. The number of aromatic nitrogens is 1. The van der Waals surface area contributed by atoms with Crippen LogP contribution in [0.4, 0.5) is 4.39 Å². The van der Waals surface area contributed by atoms with Gasteiger partial charge in [0.1, 0.15) is 16.9 Å². The lowest BCUT2D eigenvalue weighted by Crippen LogP contribution is -2.40. The van der Waals surface area contributed by atoms with Crippen LogP contribution < -0.4 is 15.2 Å². The molecule has 3 rings (SSSR count). The predicted octanol–water partition coefficient (Wildman–Crippen LogP) is 3.19. The van der Waals surface area contributed by atoms with Gasteiger partial charge < -0.3 is 20.1 Å². The summed E-state index contributed by atoms with van der Waals surface area (Å²) >= 11 is 1.38. The number of likely N-dealkylation sites (N-methyl/N-ethyl adjacent to an activating group) is 1. The summed E-state index contributed by atoms with van der Waals surface area (Å²) in [6.07, 6.45) is -0.0284. The Kier molecular flexibility index (Phi) is 6.86. The summed E-state index contributed by atoms with van der Waals surface area (Å²) in [5.41, 5.74) is 7.18. The standard InChI is InChI=1S/C22H22FN3O4S/c1-26(20(21(24)28)13-5-4-6-15(23)9-13)19(27)11-16-12-31-22(25-16)14-7-8-17(29-2)18(10-14)30-3/h4-10,12,20H,11H2,1-3H3,(H2,24,28). The van der Waals surface area contributed by atoms with Crippen LogP contribution in [0.3, 0.4) is 0 Å². The first-order chi connectivity index (χ1) is 14.8. The SMILES string of the molecule is COc1ccc(-c2nc(CC(=O)N(C)C(C(N)=O)c3cccc(F)c3)cs2)cc1OC. The Morgan fingerprint density at radius 2 is 1.90 bits per heavy atom. The van der Waals surface area contributed by atoms with Crippen LogP contribution in [0.1, 0.15) is 17.3 Å². The van der Waals surface area contributed by atoms with Crippen LogP contribution in [-0.4, -0.2) is 43.0 Å². The van der Waals surface area contributed by atoms with E-state index >= 15 is 0 Å². The maximum Gasteiger partial charge on any atom is 0.244 e. The van der Waals surface area contributed by atoms with Crippen molar-refractivity contribution in [2.75, 3.05) is 21.3 Å². The number of nitrogens with zero attached hydrogens (tertiary/aromatic N) is 2. The molecule has 0 spiro atoms. The Bertz CT molecular complexity index is 1100. The van der Waals surface area contributed by atoms with E-state index in [9.17, 15) is 14.0 Å². The number of carbonyl (C=O) groups excluding carboxylic acids is 2. The van der Waals surface area contributed by atoms with Crippen molar-refractivity contribution in [3.05, 3.63) is 64.9 Å². The van der Waals surface area contributed by atoms with Gasteiger partial charge in [0.2, 0.25) is 11.8 Å². The van der Waals surface area contributed by atoms with Gasteiger partial charge in [-0.15, -0.1) is 11.3 Å². The zero-order valence-corrected chi connectivity index (χ0v) is 18.1. The molecule has 2 N–H and O–H groups in total. The van der Waals surface area contributed by atoms with Gasteiger partial charge in [-0.25, -0.2) is 9.37 Å². The summed E-state index contributed by atoms with van der Waals surface area (Å²) in [4.78, 5) is 30.5. The second-order valence-electron chi connectivity index (χ2n) is 6.76. The summed E-state index contributed by atoms with van der Waals surface area (Å²) in [5.74, 6) is -0.437. The van der Waals surface area contributed by atoms with Crippen LogP contribution in [0.25, 0.3) is 10.6 Å².